The molecule has 1 amide bonds. The quantitative estimate of drug-likeness (QED) is 0.733. The van der Waals surface area contributed by atoms with Crippen molar-refractivity contribution >= 4 is 23.3 Å². The maximum atomic E-state index is 12.2. The van der Waals surface area contributed by atoms with E-state index in [0.29, 0.717) is 6.54 Å². The van der Waals surface area contributed by atoms with Crippen molar-refractivity contribution in [3.8, 4) is 0 Å². The highest BCUT2D eigenvalue weighted by Crippen LogP contribution is 2.20. The zero-order valence-electron chi connectivity index (χ0n) is 13.1. The van der Waals surface area contributed by atoms with Crippen molar-refractivity contribution < 1.29 is 4.79 Å². The van der Waals surface area contributed by atoms with Gasteiger partial charge in [-0.3, -0.25) is 4.79 Å². The molecule has 0 saturated carbocycles. The summed E-state index contributed by atoms with van der Waals surface area (Å²) >= 11 is 1.45. The molecule has 5 nitrogen and oxygen atoms in total. The number of thioether (sulfide) groups is 1. The molecule has 0 bridgehead atoms. The van der Waals surface area contributed by atoms with Gasteiger partial charge in [0.1, 0.15) is 5.65 Å². The normalized spacial score (nSPS) is 12.3. The Kier molecular flexibility index (Phi) is 4.62. The zero-order chi connectivity index (χ0) is 16.2. The van der Waals surface area contributed by atoms with Crippen molar-refractivity contribution in [3.05, 3.63) is 60.2 Å². The van der Waals surface area contributed by atoms with Gasteiger partial charge in [-0.25, -0.2) is 9.97 Å². The van der Waals surface area contributed by atoms with Crippen molar-refractivity contribution in [2.75, 3.05) is 0 Å². The van der Waals surface area contributed by atoms with Gasteiger partial charge in [-0.05, 0) is 43.7 Å². The third-order valence-corrected chi connectivity index (χ3v) is 4.46. The summed E-state index contributed by atoms with van der Waals surface area (Å²) in [6.45, 7) is 4.33. The molecule has 0 aromatic carbocycles. The minimum atomic E-state index is -0.204. The van der Waals surface area contributed by atoms with Crippen LogP contribution in [0.25, 0.3) is 5.65 Å². The van der Waals surface area contributed by atoms with Crippen LogP contribution in [0.15, 0.2) is 53.9 Å². The van der Waals surface area contributed by atoms with Gasteiger partial charge in [0.05, 0.1) is 22.5 Å². The van der Waals surface area contributed by atoms with Crippen LogP contribution in [0.3, 0.4) is 0 Å². The highest BCUT2D eigenvalue weighted by Gasteiger charge is 2.15. The van der Waals surface area contributed by atoms with Crippen LogP contribution in [0.1, 0.15) is 18.2 Å². The van der Waals surface area contributed by atoms with E-state index in [1.165, 1.54) is 17.3 Å². The molecule has 0 unspecified atom stereocenters. The summed E-state index contributed by atoms with van der Waals surface area (Å²) in [6, 6.07) is 9.73. The van der Waals surface area contributed by atoms with Gasteiger partial charge in [-0.1, -0.05) is 17.8 Å². The molecule has 0 spiro atoms. The van der Waals surface area contributed by atoms with Crippen LogP contribution < -0.4 is 5.32 Å². The molecule has 0 saturated heterocycles. The van der Waals surface area contributed by atoms with Crippen molar-refractivity contribution in [2.45, 2.75) is 30.7 Å². The van der Waals surface area contributed by atoms with Crippen molar-refractivity contribution in [2.24, 2.45) is 0 Å². The van der Waals surface area contributed by atoms with Gasteiger partial charge in [0.25, 0.3) is 0 Å². The number of fused-ring (bicyclic) bond motifs is 1. The molecule has 1 atom stereocenters. The fraction of sp³-hybridized carbons (Fsp3) is 0.235. The molecule has 118 valence electrons. The minimum absolute atomic E-state index is 0.0195. The largest absolute Gasteiger partial charge is 0.349 e. The van der Waals surface area contributed by atoms with Crippen molar-refractivity contribution in [1.82, 2.24) is 19.7 Å². The van der Waals surface area contributed by atoms with E-state index in [0.717, 1.165) is 16.4 Å². The maximum absolute atomic E-state index is 12.2. The van der Waals surface area contributed by atoms with E-state index in [2.05, 4.69) is 15.3 Å². The lowest BCUT2D eigenvalue weighted by Gasteiger charge is -2.10. The van der Waals surface area contributed by atoms with E-state index in [9.17, 15) is 4.79 Å². The van der Waals surface area contributed by atoms with E-state index in [1.807, 2.05) is 61.0 Å². The predicted octanol–water partition coefficient (Wildman–Crippen LogP) is 2.83. The molecule has 0 aliphatic heterocycles. The Hall–Kier alpha value is -2.34. The molecule has 0 aliphatic rings. The van der Waals surface area contributed by atoms with E-state index >= 15 is 0 Å². The zero-order valence-corrected chi connectivity index (χ0v) is 13.9. The first-order valence-corrected chi connectivity index (χ1v) is 8.29. The number of rotatable bonds is 5. The lowest BCUT2D eigenvalue weighted by molar-refractivity contribution is -0.120. The molecule has 3 aromatic heterocycles. The van der Waals surface area contributed by atoms with Gasteiger partial charge < -0.3 is 9.72 Å². The minimum Gasteiger partial charge on any atom is -0.349 e. The van der Waals surface area contributed by atoms with Crippen LogP contribution in [0.5, 0.6) is 0 Å². The summed E-state index contributed by atoms with van der Waals surface area (Å²) in [5.74, 6) is -0.0195. The van der Waals surface area contributed by atoms with Crippen LogP contribution in [0.4, 0.5) is 0 Å². The smallest absolute Gasteiger partial charge is 0.233 e. The third-order valence-electron chi connectivity index (χ3n) is 3.41. The SMILES string of the molecule is Cc1ccn2cc(CNC(=O)[C@H](C)Sc3ccccn3)nc2c1. The van der Waals surface area contributed by atoms with Gasteiger partial charge in [0.15, 0.2) is 0 Å². The number of hydrogen-bond acceptors (Lipinski definition) is 4. The van der Waals surface area contributed by atoms with Crippen molar-refractivity contribution in [3.63, 3.8) is 0 Å². The van der Waals surface area contributed by atoms with E-state index in [-0.39, 0.29) is 11.2 Å². The number of carbonyl (C=O) groups excluding carboxylic acids is 1. The number of aromatic nitrogens is 3. The lowest BCUT2D eigenvalue weighted by atomic mass is 10.3. The fourth-order valence-electron chi connectivity index (χ4n) is 2.19. The highest BCUT2D eigenvalue weighted by atomic mass is 32.2. The number of hydrogen-bond donors (Lipinski definition) is 1. The van der Waals surface area contributed by atoms with Gasteiger partial charge >= 0.3 is 0 Å². The highest BCUT2D eigenvalue weighted by molar-refractivity contribution is 8.00. The van der Waals surface area contributed by atoms with Gasteiger partial charge in [0, 0.05) is 18.6 Å². The second kappa shape index (κ2) is 6.83. The summed E-state index contributed by atoms with van der Waals surface area (Å²) in [4.78, 5) is 20.9. The Bertz CT molecular complexity index is 816. The Morgan fingerprint density at radius 3 is 3.04 bits per heavy atom. The Morgan fingerprint density at radius 1 is 1.39 bits per heavy atom. The number of carbonyl (C=O) groups is 1. The molecule has 6 heteroatoms. The number of aryl methyl sites for hydroxylation is 1. The molecular formula is C17H18N4OS. The standard InChI is InChI=1S/C17H18N4OS/c1-12-6-8-21-11-14(20-15(21)9-12)10-19-17(22)13(2)23-16-5-3-4-7-18-16/h3-9,11,13H,10H2,1-2H3,(H,19,22)/t13-/m0/s1. The molecule has 3 heterocycles. The maximum Gasteiger partial charge on any atom is 0.233 e. The average molecular weight is 326 g/mol. The van der Waals surface area contributed by atoms with Crippen molar-refractivity contribution in [1.29, 1.82) is 0 Å². The summed E-state index contributed by atoms with van der Waals surface area (Å²) in [5, 5.41) is 3.57. The average Bonchev–Trinajstić information content (AvgIpc) is 2.95. The van der Waals surface area contributed by atoms with Gasteiger partial charge in [0.2, 0.25) is 5.91 Å². The number of pyridine rings is 2. The van der Waals surface area contributed by atoms with Crippen LogP contribution in [-0.4, -0.2) is 25.5 Å². The molecule has 3 aromatic rings. The van der Waals surface area contributed by atoms with E-state index < -0.39 is 0 Å². The summed E-state index contributed by atoms with van der Waals surface area (Å²) in [7, 11) is 0. The summed E-state index contributed by atoms with van der Waals surface area (Å²) in [5.41, 5.74) is 2.91. The van der Waals surface area contributed by atoms with E-state index in [4.69, 9.17) is 0 Å². The first-order valence-electron chi connectivity index (χ1n) is 7.41. The monoisotopic (exact) mass is 326 g/mol. The number of nitrogens with one attached hydrogen (secondary N) is 1. The Morgan fingerprint density at radius 2 is 2.26 bits per heavy atom. The lowest BCUT2D eigenvalue weighted by Crippen LogP contribution is -2.30. The fourth-order valence-corrected chi connectivity index (χ4v) is 3.03. The first-order chi connectivity index (χ1) is 11.1. The predicted molar refractivity (Wildman–Crippen MR) is 91.3 cm³/mol. The van der Waals surface area contributed by atoms with Crippen LogP contribution in [0, 0.1) is 6.92 Å². The third kappa shape index (κ3) is 3.90. The van der Waals surface area contributed by atoms with Gasteiger partial charge in [-0.2, -0.15) is 0 Å². The van der Waals surface area contributed by atoms with Crippen LogP contribution in [0.2, 0.25) is 0 Å². The molecule has 3 rings (SSSR count). The summed E-state index contributed by atoms with van der Waals surface area (Å²) in [6.07, 6.45) is 5.64. The van der Waals surface area contributed by atoms with E-state index in [1.54, 1.807) is 6.20 Å². The number of amides is 1. The Labute approximate surface area is 139 Å². The first kappa shape index (κ1) is 15.6. The molecule has 0 radical (unpaired) electrons. The second-order valence-corrected chi connectivity index (χ2v) is 6.71. The second-order valence-electron chi connectivity index (χ2n) is 5.35. The number of imidazole rings is 1. The molecular weight excluding hydrogens is 308 g/mol. The summed E-state index contributed by atoms with van der Waals surface area (Å²) < 4.78 is 1.96. The molecule has 23 heavy (non-hydrogen) atoms. The van der Waals surface area contributed by atoms with Crippen LogP contribution >= 0.6 is 11.8 Å². The topological polar surface area (TPSA) is 59.3 Å². The molecule has 0 aliphatic carbocycles. The molecule has 0 fully saturated rings. The molecule has 1 N–H and O–H groups in total. The van der Waals surface area contributed by atoms with Crippen LogP contribution in [-0.2, 0) is 11.3 Å². The van der Waals surface area contributed by atoms with Gasteiger partial charge in [-0.15, -0.1) is 0 Å². The number of nitrogens with zero attached hydrogens (tertiary/aromatic N) is 3. The Balaban J connectivity index is 1.59.